The van der Waals surface area contributed by atoms with Gasteiger partial charge in [0, 0.05) is 31.2 Å². The summed E-state index contributed by atoms with van der Waals surface area (Å²) in [6, 6.07) is 11.9. The predicted molar refractivity (Wildman–Crippen MR) is 84.6 cm³/mol. The van der Waals surface area contributed by atoms with Gasteiger partial charge in [-0.05, 0) is 30.5 Å². The van der Waals surface area contributed by atoms with E-state index in [0.29, 0.717) is 12.5 Å². The van der Waals surface area contributed by atoms with Crippen molar-refractivity contribution >= 4 is 10.9 Å². The van der Waals surface area contributed by atoms with Crippen LogP contribution in [-0.2, 0) is 11.3 Å². The number of pyridine rings is 1. The lowest BCUT2D eigenvalue weighted by Crippen LogP contribution is -2.42. The molecule has 2 unspecified atom stereocenters. The van der Waals surface area contributed by atoms with Gasteiger partial charge in [-0.2, -0.15) is 0 Å². The number of aromatic nitrogens is 1. The highest BCUT2D eigenvalue weighted by atomic mass is 16.5. The largest absolute Gasteiger partial charge is 0.381 e. The number of hydrogen-bond donors (Lipinski definition) is 1. The predicted octanol–water partition coefficient (Wildman–Crippen LogP) is 2.02. The molecule has 1 aliphatic heterocycles. The van der Waals surface area contributed by atoms with E-state index < -0.39 is 0 Å². The highest BCUT2D eigenvalue weighted by Crippen LogP contribution is 2.19. The summed E-state index contributed by atoms with van der Waals surface area (Å²) in [6.07, 6.45) is 1.07. The van der Waals surface area contributed by atoms with Crippen molar-refractivity contribution in [1.29, 1.82) is 0 Å². The number of fused-ring (bicyclic) bond motifs is 1. The van der Waals surface area contributed by atoms with Crippen LogP contribution < -0.4 is 10.9 Å². The Hall–Kier alpha value is -1.65. The Kier molecular flexibility index (Phi) is 4.36. The molecule has 1 aromatic carbocycles. The molecule has 1 saturated heterocycles. The standard InChI is InChI=1S/C17H22N2O2/c1-2-18-15(14-9-10-21-12-14)11-19-16-6-4-3-5-13(16)7-8-17(19)20/h3-8,14-15,18H,2,9-12H2,1H3. The van der Waals surface area contributed by atoms with E-state index in [4.69, 9.17) is 4.74 Å². The summed E-state index contributed by atoms with van der Waals surface area (Å²) in [5.74, 6) is 0.482. The third-order valence-corrected chi connectivity index (χ3v) is 4.28. The van der Waals surface area contributed by atoms with Crippen LogP contribution in [0.1, 0.15) is 13.3 Å². The van der Waals surface area contributed by atoms with E-state index in [9.17, 15) is 4.79 Å². The van der Waals surface area contributed by atoms with Gasteiger partial charge in [0.05, 0.1) is 12.1 Å². The first kappa shape index (κ1) is 14.3. The van der Waals surface area contributed by atoms with Crippen LogP contribution in [0, 0.1) is 5.92 Å². The van der Waals surface area contributed by atoms with Gasteiger partial charge < -0.3 is 14.6 Å². The molecule has 2 atom stereocenters. The number of nitrogens with one attached hydrogen (secondary N) is 1. The Bertz CT molecular complexity index is 659. The summed E-state index contributed by atoms with van der Waals surface area (Å²) in [5.41, 5.74) is 1.07. The van der Waals surface area contributed by atoms with Crippen molar-refractivity contribution < 1.29 is 4.74 Å². The molecule has 2 aromatic rings. The number of ether oxygens (including phenoxy) is 1. The molecule has 4 heteroatoms. The van der Waals surface area contributed by atoms with Crippen LogP contribution in [0.15, 0.2) is 41.2 Å². The summed E-state index contributed by atoms with van der Waals surface area (Å²) in [7, 11) is 0. The average molecular weight is 286 g/mol. The van der Waals surface area contributed by atoms with E-state index in [1.54, 1.807) is 6.07 Å². The average Bonchev–Trinajstić information content (AvgIpc) is 3.03. The van der Waals surface area contributed by atoms with Gasteiger partial charge in [0.1, 0.15) is 0 Å². The third-order valence-electron chi connectivity index (χ3n) is 4.28. The Balaban J connectivity index is 1.95. The van der Waals surface area contributed by atoms with Crippen molar-refractivity contribution in [3.8, 4) is 0 Å². The molecule has 3 rings (SSSR count). The summed E-state index contributed by atoms with van der Waals surface area (Å²) >= 11 is 0. The van der Waals surface area contributed by atoms with Gasteiger partial charge in [0.25, 0.3) is 5.56 Å². The SMILES string of the molecule is CCNC(Cn1c(=O)ccc2ccccc21)C1CCOC1. The molecule has 1 N–H and O–H groups in total. The molecular weight excluding hydrogens is 264 g/mol. The maximum absolute atomic E-state index is 12.3. The molecule has 0 saturated carbocycles. The fourth-order valence-corrected chi connectivity index (χ4v) is 3.14. The van der Waals surface area contributed by atoms with E-state index in [1.807, 2.05) is 34.9 Å². The molecule has 0 radical (unpaired) electrons. The maximum Gasteiger partial charge on any atom is 0.251 e. The topological polar surface area (TPSA) is 43.3 Å². The van der Waals surface area contributed by atoms with Gasteiger partial charge in [-0.15, -0.1) is 0 Å². The lowest BCUT2D eigenvalue weighted by molar-refractivity contribution is 0.174. The Labute approximate surface area is 124 Å². The number of rotatable bonds is 5. The van der Waals surface area contributed by atoms with Gasteiger partial charge in [-0.25, -0.2) is 0 Å². The zero-order valence-corrected chi connectivity index (χ0v) is 12.4. The van der Waals surface area contributed by atoms with Crippen LogP contribution >= 0.6 is 0 Å². The van der Waals surface area contributed by atoms with Crippen LogP contribution in [0.2, 0.25) is 0 Å². The highest BCUT2D eigenvalue weighted by molar-refractivity contribution is 5.78. The van der Waals surface area contributed by atoms with Gasteiger partial charge >= 0.3 is 0 Å². The summed E-state index contributed by atoms with van der Waals surface area (Å²) in [5, 5.41) is 4.63. The first-order chi connectivity index (χ1) is 10.3. The zero-order chi connectivity index (χ0) is 14.7. The molecular formula is C17H22N2O2. The van der Waals surface area contributed by atoms with Crippen LogP contribution in [0.5, 0.6) is 0 Å². The van der Waals surface area contributed by atoms with Crippen LogP contribution in [0.4, 0.5) is 0 Å². The van der Waals surface area contributed by atoms with Crippen molar-refractivity contribution in [1.82, 2.24) is 9.88 Å². The molecule has 112 valence electrons. The van der Waals surface area contributed by atoms with E-state index in [0.717, 1.165) is 37.1 Å². The quantitative estimate of drug-likeness (QED) is 0.914. The second kappa shape index (κ2) is 6.41. The Morgan fingerprint density at radius 3 is 2.95 bits per heavy atom. The van der Waals surface area contributed by atoms with Gasteiger partial charge in [0.15, 0.2) is 0 Å². The van der Waals surface area contributed by atoms with Crippen molar-refractivity contribution in [2.45, 2.75) is 25.9 Å². The Morgan fingerprint density at radius 2 is 2.19 bits per heavy atom. The lowest BCUT2D eigenvalue weighted by atomic mass is 9.98. The van der Waals surface area contributed by atoms with Gasteiger partial charge in [0.2, 0.25) is 0 Å². The zero-order valence-electron chi connectivity index (χ0n) is 12.4. The summed E-state index contributed by atoms with van der Waals surface area (Å²) < 4.78 is 7.40. The van der Waals surface area contributed by atoms with Crippen molar-refractivity contribution in [3.05, 3.63) is 46.8 Å². The smallest absolute Gasteiger partial charge is 0.251 e. The molecule has 1 aliphatic rings. The molecule has 1 fully saturated rings. The van der Waals surface area contributed by atoms with E-state index in [1.165, 1.54) is 0 Å². The number of benzene rings is 1. The molecule has 0 spiro atoms. The summed E-state index contributed by atoms with van der Waals surface area (Å²) in [6.45, 7) is 5.32. The molecule has 4 nitrogen and oxygen atoms in total. The molecule has 21 heavy (non-hydrogen) atoms. The van der Waals surface area contributed by atoms with Crippen molar-refractivity contribution in [2.24, 2.45) is 5.92 Å². The first-order valence-electron chi connectivity index (χ1n) is 7.69. The lowest BCUT2D eigenvalue weighted by Gasteiger charge is -2.25. The van der Waals surface area contributed by atoms with Crippen LogP contribution in [-0.4, -0.2) is 30.4 Å². The van der Waals surface area contributed by atoms with Crippen molar-refractivity contribution in [2.75, 3.05) is 19.8 Å². The number of nitrogens with zero attached hydrogens (tertiary/aromatic N) is 1. The highest BCUT2D eigenvalue weighted by Gasteiger charge is 2.25. The molecule has 2 heterocycles. The normalized spacial score (nSPS) is 20.0. The minimum atomic E-state index is 0.0653. The van der Waals surface area contributed by atoms with E-state index >= 15 is 0 Å². The second-order valence-electron chi connectivity index (χ2n) is 5.63. The third kappa shape index (κ3) is 3.01. The Morgan fingerprint density at radius 1 is 1.33 bits per heavy atom. The number of hydrogen-bond acceptors (Lipinski definition) is 3. The number of likely N-dealkylation sites (N-methyl/N-ethyl adjacent to an activating group) is 1. The van der Waals surface area contributed by atoms with Crippen LogP contribution in [0.3, 0.4) is 0 Å². The molecule has 1 aromatic heterocycles. The monoisotopic (exact) mass is 286 g/mol. The van der Waals surface area contributed by atoms with E-state index in [-0.39, 0.29) is 11.6 Å². The van der Waals surface area contributed by atoms with Crippen LogP contribution in [0.25, 0.3) is 10.9 Å². The van der Waals surface area contributed by atoms with Gasteiger partial charge in [-0.3, -0.25) is 4.79 Å². The summed E-state index contributed by atoms with van der Waals surface area (Å²) in [4.78, 5) is 12.3. The maximum atomic E-state index is 12.3. The van der Waals surface area contributed by atoms with Crippen molar-refractivity contribution in [3.63, 3.8) is 0 Å². The number of para-hydroxylation sites is 1. The molecule has 0 amide bonds. The fourth-order valence-electron chi connectivity index (χ4n) is 3.14. The second-order valence-corrected chi connectivity index (χ2v) is 5.63. The molecule has 0 bridgehead atoms. The molecule has 0 aliphatic carbocycles. The fraction of sp³-hybridized carbons (Fsp3) is 0.471. The minimum Gasteiger partial charge on any atom is -0.381 e. The first-order valence-corrected chi connectivity index (χ1v) is 7.69. The minimum absolute atomic E-state index is 0.0653. The van der Waals surface area contributed by atoms with E-state index in [2.05, 4.69) is 12.2 Å². The van der Waals surface area contributed by atoms with Gasteiger partial charge in [-0.1, -0.05) is 25.1 Å².